The van der Waals surface area contributed by atoms with Gasteiger partial charge in [-0.1, -0.05) is 36.4 Å². The fraction of sp³-hybridized carbons (Fsp3) is 0.250. The molecule has 1 atom stereocenters. The topological polar surface area (TPSA) is 50.5 Å². The third kappa shape index (κ3) is 5.93. The summed E-state index contributed by atoms with van der Waals surface area (Å²) in [5.74, 6) is -0.0239. The molecule has 182 valence electrons. The zero-order valence-corrected chi connectivity index (χ0v) is 20.0. The second-order valence-corrected chi connectivity index (χ2v) is 8.77. The fourth-order valence-electron chi connectivity index (χ4n) is 3.89. The Bertz CT molecular complexity index is 1260. The maximum atomic E-state index is 13.9. The molecule has 0 spiro atoms. The molecule has 3 aromatic carbocycles. The molecule has 1 heterocycles. The minimum absolute atomic E-state index is 0.115. The van der Waals surface area contributed by atoms with Gasteiger partial charge in [0.1, 0.15) is 17.4 Å². The number of benzene rings is 3. The number of aromatic nitrogens is 2. The summed E-state index contributed by atoms with van der Waals surface area (Å²) in [4.78, 5) is 2.13. The molecule has 1 unspecified atom stereocenters. The highest BCUT2D eigenvalue weighted by Crippen LogP contribution is 2.33. The molecule has 0 aliphatic rings. The Kier molecular flexibility index (Phi) is 7.58. The molecule has 7 heteroatoms. The smallest absolute Gasteiger partial charge is 0.227 e. The first-order valence-electron chi connectivity index (χ1n) is 11.6. The zero-order chi connectivity index (χ0) is 24.9. The third-order valence-electron chi connectivity index (χ3n) is 5.90. The normalized spacial score (nSPS) is 12.3. The van der Waals surface area contributed by atoms with Crippen LogP contribution in [-0.4, -0.2) is 32.4 Å². The number of aryl methyl sites for hydroxylation is 1. The number of halogens is 2. The van der Waals surface area contributed by atoms with Crippen molar-refractivity contribution in [1.82, 2.24) is 14.7 Å². The lowest BCUT2D eigenvalue weighted by Gasteiger charge is -2.29. The number of nitrogens with zero attached hydrogens (tertiary/aromatic N) is 3. The Morgan fingerprint density at radius 1 is 0.943 bits per heavy atom. The van der Waals surface area contributed by atoms with Crippen molar-refractivity contribution in [1.29, 1.82) is 0 Å². The molecule has 4 rings (SSSR count). The van der Waals surface area contributed by atoms with E-state index in [-0.39, 0.29) is 11.9 Å². The third-order valence-corrected chi connectivity index (χ3v) is 5.90. The van der Waals surface area contributed by atoms with Crippen molar-refractivity contribution in [3.05, 3.63) is 107 Å². The number of ether oxygens (including phenoxy) is 1. The largest absolute Gasteiger partial charge is 0.438 e. The van der Waals surface area contributed by atoms with E-state index in [9.17, 15) is 13.9 Å². The van der Waals surface area contributed by atoms with Gasteiger partial charge in [-0.25, -0.2) is 13.5 Å². The molecule has 4 aromatic rings. The summed E-state index contributed by atoms with van der Waals surface area (Å²) in [6.45, 7) is 6.84. The molecule has 5 nitrogen and oxygen atoms in total. The van der Waals surface area contributed by atoms with E-state index in [1.54, 1.807) is 28.9 Å². The second kappa shape index (κ2) is 10.8. The first kappa shape index (κ1) is 24.6. The number of aliphatic hydroxyl groups excluding tert-OH is 1. The summed E-state index contributed by atoms with van der Waals surface area (Å²) < 4.78 is 35.2. The van der Waals surface area contributed by atoms with Gasteiger partial charge in [0.25, 0.3) is 0 Å². The van der Waals surface area contributed by atoms with Crippen LogP contribution in [0.3, 0.4) is 0 Å². The van der Waals surface area contributed by atoms with E-state index >= 15 is 0 Å². The molecule has 0 saturated heterocycles. The standard InChI is InChI=1S/C28H29F2N3O2/c1-19(2)32(18-27(34)21-8-5-4-6-9-21)17-26-20(3)31-33(24-14-12-22(29)13-15-24)28(26)35-25-11-7-10-23(30)16-25/h4-16,19,27,34H,17-18H2,1-3H3. The molecule has 0 fully saturated rings. The Morgan fingerprint density at radius 3 is 2.31 bits per heavy atom. The van der Waals surface area contributed by atoms with Crippen LogP contribution in [0.1, 0.15) is 36.8 Å². The highest BCUT2D eigenvalue weighted by atomic mass is 19.1. The zero-order valence-electron chi connectivity index (χ0n) is 20.0. The number of hydrogen-bond acceptors (Lipinski definition) is 4. The van der Waals surface area contributed by atoms with Gasteiger partial charge in [-0.2, -0.15) is 5.10 Å². The summed E-state index contributed by atoms with van der Waals surface area (Å²) in [6.07, 6.45) is -0.668. The average Bonchev–Trinajstić information content (AvgIpc) is 3.14. The number of aliphatic hydroxyl groups is 1. The van der Waals surface area contributed by atoms with Gasteiger partial charge in [0, 0.05) is 25.2 Å². The van der Waals surface area contributed by atoms with Crippen LogP contribution in [0.25, 0.3) is 5.69 Å². The van der Waals surface area contributed by atoms with E-state index in [0.29, 0.717) is 30.4 Å². The average molecular weight is 478 g/mol. The minimum Gasteiger partial charge on any atom is -0.438 e. The van der Waals surface area contributed by atoms with Gasteiger partial charge in [0.05, 0.1) is 23.0 Å². The molecule has 35 heavy (non-hydrogen) atoms. The Hall–Kier alpha value is -3.55. The molecule has 0 radical (unpaired) electrons. The van der Waals surface area contributed by atoms with Crippen molar-refractivity contribution in [2.75, 3.05) is 6.54 Å². The lowest BCUT2D eigenvalue weighted by Crippen LogP contribution is -2.34. The van der Waals surface area contributed by atoms with Crippen molar-refractivity contribution in [2.24, 2.45) is 0 Å². The molecular weight excluding hydrogens is 448 g/mol. The van der Waals surface area contributed by atoms with Crippen LogP contribution < -0.4 is 4.74 Å². The van der Waals surface area contributed by atoms with Crippen LogP contribution in [0, 0.1) is 18.6 Å². The molecular formula is C28H29F2N3O2. The first-order valence-corrected chi connectivity index (χ1v) is 11.6. The summed E-state index contributed by atoms with van der Waals surface area (Å²) in [5.41, 5.74) is 2.98. The van der Waals surface area contributed by atoms with Gasteiger partial charge in [0.2, 0.25) is 5.88 Å². The van der Waals surface area contributed by atoms with E-state index < -0.39 is 11.9 Å². The van der Waals surface area contributed by atoms with Gasteiger partial charge in [-0.3, -0.25) is 4.90 Å². The summed E-state index contributed by atoms with van der Waals surface area (Å²) >= 11 is 0. The number of rotatable bonds is 9. The Balaban J connectivity index is 1.71. The minimum atomic E-state index is -0.668. The van der Waals surface area contributed by atoms with E-state index in [1.165, 1.54) is 24.3 Å². The van der Waals surface area contributed by atoms with Gasteiger partial charge in [-0.15, -0.1) is 0 Å². The Labute approximate surface area is 204 Å². The molecule has 1 N–H and O–H groups in total. The van der Waals surface area contributed by atoms with Crippen molar-refractivity contribution in [3.63, 3.8) is 0 Å². The predicted octanol–water partition coefficient (Wildman–Crippen LogP) is 6.20. The molecule has 1 aromatic heterocycles. The second-order valence-electron chi connectivity index (χ2n) is 8.77. The van der Waals surface area contributed by atoms with Crippen LogP contribution in [0.2, 0.25) is 0 Å². The van der Waals surface area contributed by atoms with Crippen molar-refractivity contribution in [3.8, 4) is 17.3 Å². The van der Waals surface area contributed by atoms with Gasteiger partial charge >= 0.3 is 0 Å². The lowest BCUT2D eigenvalue weighted by molar-refractivity contribution is 0.0902. The van der Waals surface area contributed by atoms with E-state index in [2.05, 4.69) is 23.8 Å². The van der Waals surface area contributed by atoms with Crippen LogP contribution in [0.4, 0.5) is 8.78 Å². The SMILES string of the molecule is Cc1nn(-c2ccc(F)cc2)c(Oc2cccc(F)c2)c1CN(CC(O)c1ccccc1)C(C)C. The Morgan fingerprint density at radius 2 is 1.66 bits per heavy atom. The van der Waals surface area contributed by atoms with E-state index in [0.717, 1.165) is 16.8 Å². The van der Waals surface area contributed by atoms with Crippen LogP contribution >= 0.6 is 0 Å². The lowest BCUT2D eigenvalue weighted by atomic mass is 10.1. The summed E-state index contributed by atoms with van der Waals surface area (Å²) in [5, 5.41) is 15.5. The van der Waals surface area contributed by atoms with Crippen LogP contribution in [-0.2, 0) is 6.54 Å². The fourth-order valence-corrected chi connectivity index (χ4v) is 3.89. The van der Waals surface area contributed by atoms with E-state index in [1.807, 2.05) is 37.3 Å². The van der Waals surface area contributed by atoms with Gasteiger partial charge in [-0.05, 0) is 62.7 Å². The van der Waals surface area contributed by atoms with Gasteiger partial charge in [0.15, 0.2) is 0 Å². The van der Waals surface area contributed by atoms with Crippen molar-refractivity contribution >= 4 is 0 Å². The van der Waals surface area contributed by atoms with E-state index in [4.69, 9.17) is 4.74 Å². The van der Waals surface area contributed by atoms with Crippen molar-refractivity contribution < 1.29 is 18.6 Å². The highest BCUT2D eigenvalue weighted by molar-refractivity contribution is 5.43. The van der Waals surface area contributed by atoms with Crippen LogP contribution in [0.15, 0.2) is 78.9 Å². The molecule has 0 aliphatic heterocycles. The molecule has 0 bridgehead atoms. The predicted molar refractivity (Wildman–Crippen MR) is 132 cm³/mol. The molecule has 0 saturated carbocycles. The molecule has 0 aliphatic carbocycles. The van der Waals surface area contributed by atoms with Crippen LogP contribution in [0.5, 0.6) is 11.6 Å². The summed E-state index contributed by atoms with van der Waals surface area (Å²) in [6, 6.07) is 21.5. The molecule has 0 amide bonds. The quantitative estimate of drug-likeness (QED) is 0.312. The monoisotopic (exact) mass is 477 g/mol. The highest BCUT2D eigenvalue weighted by Gasteiger charge is 2.24. The van der Waals surface area contributed by atoms with Crippen molar-refractivity contribution in [2.45, 2.75) is 39.5 Å². The number of hydrogen-bond donors (Lipinski definition) is 1. The summed E-state index contributed by atoms with van der Waals surface area (Å²) in [7, 11) is 0. The maximum absolute atomic E-state index is 13.9. The maximum Gasteiger partial charge on any atom is 0.227 e. The first-order chi connectivity index (χ1) is 16.8. The van der Waals surface area contributed by atoms with Gasteiger partial charge < -0.3 is 9.84 Å².